The summed E-state index contributed by atoms with van der Waals surface area (Å²) >= 11 is 0. The van der Waals surface area contributed by atoms with E-state index in [2.05, 4.69) is 14.8 Å². The minimum atomic E-state index is -3.02. The molecule has 0 amide bonds. The van der Waals surface area contributed by atoms with E-state index in [1.807, 2.05) is 12.1 Å². The molecule has 0 aliphatic carbocycles. The van der Waals surface area contributed by atoms with Crippen LogP contribution in [0.5, 0.6) is 0 Å². The Bertz CT molecular complexity index is 1030. The fraction of sp³-hybridized carbons (Fsp3) is 0.579. The molecule has 2 saturated heterocycles. The number of nitrogens with zero attached hydrogens (tertiary/aromatic N) is 5. The molecule has 3 heterocycles. The number of aromatic nitrogens is 2. The maximum atomic E-state index is 12.4. The van der Waals surface area contributed by atoms with Gasteiger partial charge in [0.1, 0.15) is 0 Å². The number of sulfonamides is 1. The molecule has 0 unspecified atom stereocenters. The van der Waals surface area contributed by atoms with Gasteiger partial charge < -0.3 is 10.0 Å². The maximum absolute atomic E-state index is 12.4. The highest BCUT2D eigenvalue weighted by atomic mass is 32.2. The Labute approximate surface area is 170 Å². The van der Waals surface area contributed by atoms with Gasteiger partial charge in [-0.15, -0.1) is 0 Å². The van der Waals surface area contributed by atoms with Crippen LogP contribution in [0, 0.1) is 0 Å². The highest BCUT2D eigenvalue weighted by Gasteiger charge is 2.28. The summed E-state index contributed by atoms with van der Waals surface area (Å²) in [6.07, 6.45) is 2.21. The lowest BCUT2D eigenvalue weighted by molar-refractivity contribution is 0.240. The van der Waals surface area contributed by atoms with Crippen molar-refractivity contribution < 1.29 is 13.5 Å². The molecule has 2 aliphatic rings. The van der Waals surface area contributed by atoms with Gasteiger partial charge in [-0.1, -0.05) is 0 Å². The number of rotatable bonds is 6. The van der Waals surface area contributed by atoms with E-state index >= 15 is 0 Å². The molecule has 2 fully saturated rings. The van der Waals surface area contributed by atoms with E-state index in [0.717, 1.165) is 44.8 Å². The van der Waals surface area contributed by atoms with Gasteiger partial charge >= 0.3 is 0 Å². The van der Waals surface area contributed by atoms with Crippen LogP contribution in [0.2, 0.25) is 0 Å². The normalized spacial score (nSPS) is 20.5. The fourth-order valence-corrected chi connectivity index (χ4v) is 5.55. The second-order valence-electron chi connectivity index (χ2n) is 7.57. The Morgan fingerprint density at radius 1 is 1.03 bits per heavy atom. The van der Waals surface area contributed by atoms with Crippen molar-refractivity contribution >= 4 is 26.6 Å². The predicted molar refractivity (Wildman–Crippen MR) is 112 cm³/mol. The van der Waals surface area contributed by atoms with Crippen molar-refractivity contribution in [1.82, 2.24) is 18.8 Å². The first-order valence-electron chi connectivity index (χ1n) is 10.0. The maximum Gasteiger partial charge on any atom is 0.261 e. The molecule has 1 aromatic carbocycles. The van der Waals surface area contributed by atoms with Gasteiger partial charge in [0, 0.05) is 51.5 Å². The lowest BCUT2D eigenvalue weighted by Gasteiger charge is -2.36. The summed E-state index contributed by atoms with van der Waals surface area (Å²) in [5.41, 5.74) is 1.55. The van der Waals surface area contributed by atoms with Crippen molar-refractivity contribution in [2.45, 2.75) is 13.0 Å². The molecule has 2 aliphatic heterocycles. The zero-order chi connectivity index (χ0) is 20.4. The Morgan fingerprint density at radius 2 is 1.83 bits per heavy atom. The van der Waals surface area contributed by atoms with Crippen molar-refractivity contribution in [3.63, 3.8) is 0 Å². The van der Waals surface area contributed by atoms with Crippen molar-refractivity contribution in [3.05, 3.63) is 34.9 Å². The molecule has 1 aromatic heterocycles. The zero-order valence-electron chi connectivity index (χ0n) is 16.4. The number of piperazine rings is 1. The fourth-order valence-electron chi connectivity index (χ4n) is 4.04. The standard InChI is InChI=1S/C19H27N5O4S/c25-12-11-23-15-20-18-14-16(2-3-17(18)19(23)26)22-8-5-21(6-9-22)7-10-24-4-1-13-29(24,27)28/h2-3,14-15,25H,1,4-13H2. The van der Waals surface area contributed by atoms with Crippen molar-refractivity contribution in [2.75, 3.05) is 63.1 Å². The van der Waals surface area contributed by atoms with Gasteiger partial charge in [0.2, 0.25) is 10.0 Å². The van der Waals surface area contributed by atoms with Crippen LogP contribution in [0.25, 0.3) is 10.9 Å². The molecule has 0 atom stereocenters. The summed E-state index contributed by atoms with van der Waals surface area (Å²) in [6.45, 7) is 5.56. The molecule has 0 bridgehead atoms. The van der Waals surface area contributed by atoms with E-state index in [1.165, 1.54) is 10.9 Å². The van der Waals surface area contributed by atoms with Gasteiger partial charge in [-0.2, -0.15) is 0 Å². The molecule has 4 rings (SSSR count). The highest BCUT2D eigenvalue weighted by molar-refractivity contribution is 7.89. The second kappa shape index (κ2) is 8.39. The first-order chi connectivity index (χ1) is 14.0. The molecule has 158 valence electrons. The first-order valence-corrected chi connectivity index (χ1v) is 11.6. The molecule has 0 spiro atoms. The molecule has 2 aromatic rings. The SMILES string of the molecule is O=c1c2ccc(N3CCN(CCN4CCCS4(=O)=O)CC3)cc2ncn1CCO. The van der Waals surface area contributed by atoms with Crippen LogP contribution in [0.4, 0.5) is 5.69 Å². The van der Waals surface area contributed by atoms with Crippen LogP contribution in [-0.4, -0.2) is 90.5 Å². The molecule has 1 N–H and O–H groups in total. The molecular weight excluding hydrogens is 394 g/mol. The minimum Gasteiger partial charge on any atom is -0.395 e. The van der Waals surface area contributed by atoms with Gasteiger partial charge in [0.15, 0.2) is 0 Å². The summed E-state index contributed by atoms with van der Waals surface area (Å²) in [4.78, 5) is 21.4. The largest absolute Gasteiger partial charge is 0.395 e. The summed E-state index contributed by atoms with van der Waals surface area (Å²) in [5.74, 6) is 0.280. The Kier molecular flexibility index (Phi) is 5.86. The number of fused-ring (bicyclic) bond motifs is 1. The topological polar surface area (TPSA) is 99.0 Å². The molecule has 10 heteroatoms. The zero-order valence-corrected chi connectivity index (χ0v) is 17.2. The number of benzene rings is 1. The van der Waals surface area contributed by atoms with E-state index < -0.39 is 10.0 Å². The quantitative estimate of drug-likeness (QED) is 0.674. The van der Waals surface area contributed by atoms with Crippen LogP contribution in [0.15, 0.2) is 29.3 Å². The number of aliphatic hydroxyl groups excluding tert-OH is 1. The Morgan fingerprint density at radius 3 is 2.52 bits per heavy atom. The van der Waals surface area contributed by atoms with Gasteiger partial charge in [-0.25, -0.2) is 17.7 Å². The summed E-state index contributed by atoms with van der Waals surface area (Å²) < 4.78 is 26.9. The van der Waals surface area contributed by atoms with Gasteiger partial charge in [0.25, 0.3) is 5.56 Å². The summed E-state index contributed by atoms with van der Waals surface area (Å²) in [6, 6.07) is 5.69. The number of hydrogen-bond acceptors (Lipinski definition) is 7. The average Bonchev–Trinajstić information content (AvgIpc) is 3.07. The van der Waals surface area contributed by atoms with Crippen LogP contribution >= 0.6 is 0 Å². The second-order valence-corrected chi connectivity index (χ2v) is 9.65. The third-order valence-electron chi connectivity index (χ3n) is 5.76. The Balaban J connectivity index is 1.37. The average molecular weight is 422 g/mol. The predicted octanol–water partition coefficient (Wildman–Crippen LogP) is -0.454. The smallest absolute Gasteiger partial charge is 0.261 e. The highest BCUT2D eigenvalue weighted by Crippen LogP contribution is 2.21. The third kappa shape index (κ3) is 4.30. The molecular formula is C19H27N5O4S. The van der Waals surface area contributed by atoms with E-state index in [9.17, 15) is 13.2 Å². The number of aliphatic hydroxyl groups is 1. The molecule has 0 saturated carbocycles. The lowest BCUT2D eigenvalue weighted by Crippen LogP contribution is -2.48. The van der Waals surface area contributed by atoms with Crippen molar-refractivity contribution in [1.29, 1.82) is 0 Å². The van der Waals surface area contributed by atoms with Crippen molar-refractivity contribution in [3.8, 4) is 0 Å². The van der Waals surface area contributed by atoms with Crippen LogP contribution in [0.3, 0.4) is 0 Å². The number of anilines is 1. The molecule has 0 radical (unpaired) electrons. The van der Waals surface area contributed by atoms with E-state index in [4.69, 9.17) is 5.11 Å². The third-order valence-corrected chi connectivity index (χ3v) is 7.71. The molecule has 29 heavy (non-hydrogen) atoms. The lowest BCUT2D eigenvalue weighted by atomic mass is 10.2. The van der Waals surface area contributed by atoms with Crippen LogP contribution < -0.4 is 10.5 Å². The van der Waals surface area contributed by atoms with Crippen LogP contribution in [0.1, 0.15) is 6.42 Å². The van der Waals surface area contributed by atoms with E-state index in [1.54, 1.807) is 10.4 Å². The van der Waals surface area contributed by atoms with Gasteiger partial charge in [-0.3, -0.25) is 14.3 Å². The van der Waals surface area contributed by atoms with Crippen LogP contribution in [-0.2, 0) is 16.6 Å². The van der Waals surface area contributed by atoms with E-state index in [-0.39, 0.29) is 24.5 Å². The van der Waals surface area contributed by atoms with Gasteiger partial charge in [-0.05, 0) is 24.6 Å². The number of hydrogen-bond donors (Lipinski definition) is 1. The first kappa shape index (κ1) is 20.3. The minimum absolute atomic E-state index is 0.0981. The monoisotopic (exact) mass is 421 g/mol. The molecule has 9 nitrogen and oxygen atoms in total. The van der Waals surface area contributed by atoms with Crippen molar-refractivity contribution in [2.24, 2.45) is 0 Å². The Hall–Kier alpha value is -2.01. The van der Waals surface area contributed by atoms with Gasteiger partial charge in [0.05, 0.1) is 36.1 Å². The summed E-state index contributed by atoms with van der Waals surface area (Å²) in [5, 5.41) is 9.60. The summed E-state index contributed by atoms with van der Waals surface area (Å²) in [7, 11) is -3.02. The van der Waals surface area contributed by atoms with E-state index in [0.29, 0.717) is 24.0 Å².